The normalized spacial score (nSPS) is 11.2. The second kappa shape index (κ2) is 2.63. The van der Waals surface area contributed by atoms with E-state index in [-0.39, 0.29) is 5.41 Å². The Bertz CT molecular complexity index is 323. The minimum absolute atomic E-state index is 0.0405. The molecular weight excluding hydrogens is 150 g/mol. The Labute approximate surface area is 72.9 Å². The van der Waals surface area contributed by atoms with Crippen LogP contribution < -0.4 is 0 Å². The van der Waals surface area contributed by atoms with E-state index in [9.17, 15) is 0 Å². The fourth-order valence-corrected chi connectivity index (χ4v) is 1.08. The molecule has 0 bridgehead atoms. The second-order valence-corrected chi connectivity index (χ2v) is 3.89. The first kappa shape index (κ1) is 8.79. The molecule has 1 heterocycles. The Morgan fingerprint density at radius 3 is 2.42 bits per heavy atom. The molecule has 0 spiro atoms. The highest BCUT2D eigenvalue weighted by atomic mass is 15.1. The topological polar surface area (TPSA) is 22.2 Å². The highest BCUT2D eigenvalue weighted by molar-refractivity contribution is 5.45. The molecule has 3 heteroatoms. The lowest BCUT2D eigenvalue weighted by atomic mass is 9.92. The fraction of sp³-hybridized carbons (Fsp3) is 0.556. The van der Waals surface area contributed by atoms with E-state index in [2.05, 4.69) is 30.6 Å². The predicted octanol–water partition coefficient (Wildman–Crippen LogP) is 2.27. The van der Waals surface area contributed by atoms with E-state index < -0.39 is 0 Å². The number of rotatable bonds is 0. The number of nitrogens with zero attached hydrogens (tertiary/aromatic N) is 3. The van der Waals surface area contributed by atoms with Crippen LogP contribution in [0, 0.1) is 6.57 Å². The summed E-state index contributed by atoms with van der Waals surface area (Å²) in [5.41, 5.74) is 0.834. The molecule has 0 radical (unpaired) electrons. The van der Waals surface area contributed by atoms with Gasteiger partial charge in [-0.2, -0.15) is 0 Å². The summed E-state index contributed by atoms with van der Waals surface area (Å²) in [4.78, 5) is 7.65. The monoisotopic (exact) mass is 163 g/mol. The van der Waals surface area contributed by atoms with Gasteiger partial charge in [-0.15, -0.1) is 0 Å². The molecule has 1 aromatic heterocycles. The molecule has 0 aromatic carbocycles. The number of hydrogen-bond donors (Lipinski definition) is 0. The van der Waals surface area contributed by atoms with Gasteiger partial charge in [0, 0.05) is 0 Å². The van der Waals surface area contributed by atoms with Gasteiger partial charge in [0.05, 0.1) is 12.7 Å². The SMILES string of the molecule is [C-]#[N+]c1c(C(C)(C)C)ncn1C. The Hall–Kier alpha value is -1.30. The third kappa shape index (κ3) is 1.33. The van der Waals surface area contributed by atoms with Crippen LogP contribution >= 0.6 is 0 Å². The molecule has 1 rings (SSSR count). The molecule has 0 aliphatic carbocycles. The Balaban J connectivity index is 3.28. The summed E-state index contributed by atoms with van der Waals surface area (Å²) >= 11 is 0. The zero-order valence-corrected chi connectivity index (χ0v) is 7.92. The van der Waals surface area contributed by atoms with Crippen molar-refractivity contribution in [2.45, 2.75) is 26.2 Å². The highest BCUT2D eigenvalue weighted by Crippen LogP contribution is 2.29. The molecule has 0 fully saturated rings. The van der Waals surface area contributed by atoms with Crippen LogP contribution in [-0.4, -0.2) is 9.55 Å². The highest BCUT2D eigenvalue weighted by Gasteiger charge is 2.21. The molecule has 0 amide bonds. The van der Waals surface area contributed by atoms with Crippen molar-refractivity contribution in [3.63, 3.8) is 0 Å². The minimum Gasteiger partial charge on any atom is -0.362 e. The molecule has 12 heavy (non-hydrogen) atoms. The maximum absolute atomic E-state index is 6.99. The van der Waals surface area contributed by atoms with Gasteiger partial charge in [0.2, 0.25) is 0 Å². The van der Waals surface area contributed by atoms with Crippen molar-refractivity contribution in [3.05, 3.63) is 23.4 Å². The van der Waals surface area contributed by atoms with Gasteiger partial charge in [-0.1, -0.05) is 27.3 Å². The first-order valence-electron chi connectivity index (χ1n) is 3.86. The van der Waals surface area contributed by atoms with E-state index in [1.165, 1.54) is 0 Å². The average molecular weight is 163 g/mol. The van der Waals surface area contributed by atoms with Gasteiger partial charge in [-0.3, -0.25) is 4.57 Å². The van der Waals surface area contributed by atoms with E-state index >= 15 is 0 Å². The molecule has 0 aliphatic heterocycles. The summed E-state index contributed by atoms with van der Waals surface area (Å²) < 4.78 is 1.76. The zero-order chi connectivity index (χ0) is 9.35. The van der Waals surface area contributed by atoms with Crippen LogP contribution in [0.2, 0.25) is 0 Å². The molecule has 3 nitrogen and oxygen atoms in total. The maximum atomic E-state index is 6.99. The van der Waals surface area contributed by atoms with Crippen LogP contribution in [0.1, 0.15) is 26.5 Å². The smallest absolute Gasteiger partial charge is 0.253 e. The number of aryl methyl sites for hydroxylation is 1. The molecule has 64 valence electrons. The predicted molar refractivity (Wildman–Crippen MR) is 48.2 cm³/mol. The lowest BCUT2D eigenvalue weighted by Crippen LogP contribution is -2.11. The minimum atomic E-state index is -0.0405. The van der Waals surface area contributed by atoms with Crippen molar-refractivity contribution in [3.8, 4) is 0 Å². The molecular formula is C9H13N3. The second-order valence-electron chi connectivity index (χ2n) is 3.89. The lowest BCUT2D eigenvalue weighted by molar-refractivity contribution is 0.575. The first-order chi connectivity index (χ1) is 5.46. The zero-order valence-electron chi connectivity index (χ0n) is 7.92. The maximum Gasteiger partial charge on any atom is 0.253 e. The van der Waals surface area contributed by atoms with E-state index in [1.54, 1.807) is 10.9 Å². The van der Waals surface area contributed by atoms with Gasteiger partial charge in [0.25, 0.3) is 5.82 Å². The van der Waals surface area contributed by atoms with Gasteiger partial charge < -0.3 is 4.85 Å². The van der Waals surface area contributed by atoms with E-state index in [0.717, 1.165) is 5.69 Å². The van der Waals surface area contributed by atoms with Crippen molar-refractivity contribution in [1.29, 1.82) is 0 Å². The third-order valence-corrected chi connectivity index (χ3v) is 1.72. The largest absolute Gasteiger partial charge is 0.362 e. The summed E-state index contributed by atoms with van der Waals surface area (Å²) in [6.07, 6.45) is 1.69. The van der Waals surface area contributed by atoms with Crippen LogP contribution in [0.15, 0.2) is 6.33 Å². The molecule has 0 saturated carbocycles. The summed E-state index contributed by atoms with van der Waals surface area (Å²) in [6, 6.07) is 0. The molecule has 0 aliphatic rings. The number of aromatic nitrogens is 2. The van der Waals surface area contributed by atoms with Crippen LogP contribution in [0.5, 0.6) is 0 Å². The van der Waals surface area contributed by atoms with E-state index in [1.807, 2.05) is 7.05 Å². The lowest BCUT2D eigenvalue weighted by Gasteiger charge is -2.16. The van der Waals surface area contributed by atoms with E-state index in [4.69, 9.17) is 6.57 Å². The van der Waals surface area contributed by atoms with Crippen molar-refractivity contribution in [2.24, 2.45) is 7.05 Å². The standard InChI is InChI=1S/C9H13N3/c1-9(2,3)7-8(10-4)12(5)6-11-7/h6H,1-3,5H3. The van der Waals surface area contributed by atoms with Gasteiger partial charge >= 0.3 is 0 Å². The van der Waals surface area contributed by atoms with Crippen LogP contribution in [0.3, 0.4) is 0 Å². The number of imidazole rings is 1. The van der Waals surface area contributed by atoms with E-state index in [0.29, 0.717) is 5.82 Å². The summed E-state index contributed by atoms with van der Waals surface area (Å²) in [6.45, 7) is 13.2. The molecule has 1 aromatic rings. The average Bonchev–Trinajstić information content (AvgIpc) is 2.29. The van der Waals surface area contributed by atoms with Crippen LogP contribution in [0.25, 0.3) is 4.85 Å². The Kier molecular flexibility index (Phi) is 1.93. The summed E-state index contributed by atoms with van der Waals surface area (Å²) in [5.74, 6) is 0.641. The first-order valence-corrected chi connectivity index (χ1v) is 3.86. The van der Waals surface area contributed by atoms with Crippen LogP contribution in [-0.2, 0) is 12.5 Å². The molecule has 0 N–H and O–H groups in total. The van der Waals surface area contributed by atoms with Crippen molar-refractivity contribution < 1.29 is 0 Å². The van der Waals surface area contributed by atoms with Gasteiger partial charge in [-0.05, 0) is 5.41 Å². The molecule has 0 unspecified atom stereocenters. The van der Waals surface area contributed by atoms with Crippen molar-refractivity contribution in [1.82, 2.24) is 9.55 Å². The van der Waals surface area contributed by atoms with Crippen molar-refractivity contribution in [2.75, 3.05) is 0 Å². The Morgan fingerprint density at radius 1 is 1.50 bits per heavy atom. The Morgan fingerprint density at radius 2 is 2.08 bits per heavy atom. The van der Waals surface area contributed by atoms with Gasteiger partial charge in [0.15, 0.2) is 6.33 Å². The van der Waals surface area contributed by atoms with Gasteiger partial charge in [0.1, 0.15) is 0 Å². The quantitative estimate of drug-likeness (QED) is 0.538. The summed E-state index contributed by atoms with van der Waals surface area (Å²) in [7, 11) is 1.84. The van der Waals surface area contributed by atoms with Crippen molar-refractivity contribution >= 4 is 5.82 Å². The number of hydrogen-bond acceptors (Lipinski definition) is 1. The molecule has 0 atom stereocenters. The van der Waals surface area contributed by atoms with Crippen LogP contribution in [0.4, 0.5) is 5.82 Å². The third-order valence-electron chi connectivity index (χ3n) is 1.72. The fourth-order valence-electron chi connectivity index (χ4n) is 1.08. The van der Waals surface area contributed by atoms with Gasteiger partial charge in [-0.25, -0.2) is 4.98 Å². The molecule has 0 saturated heterocycles. The summed E-state index contributed by atoms with van der Waals surface area (Å²) in [5, 5.41) is 0.